The van der Waals surface area contributed by atoms with Crippen LogP contribution >= 0.6 is 0 Å². The molecule has 4 heterocycles. The lowest BCUT2D eigenvalue weighted by atomic mass is 9.71. The Balaban J connectivity index is 1.62. The first-order chi connectivity index (χ1) is 12.5. The number of H-pyrrole nitrogens is 1. The maximum absolute atomic E-state index is 12.8. The van der Waals surface area contributed by atoms with E-state index in [2.05, 4.69) is 20.2 Å². The van der Waals surface area contributed by atoms with Gasteiger partial charge in [0.2, 0.25) is 5.91 Å². The monoisotopic (exact) mass is 354 g/mol. The molecule has 26 heavy (non-hydrogen) atoms. The average Bonchev–Trinajstić information content (AvgIpc) is 3.25. The van der Waals surface area contributed by atoms with Crippen LogP contribution in [0.1, 0.15) is 35.4 Å². The second kappa shape index (κ2) is 6.19. The Morgan fingerprint density at radius 2 is 2.12 bits per heavy atom. The molecule has 0 unspecified atom stereocenters. The molecule has 0 spiro atoms. The predicted octanol–water partition coefficient (Wildman–Crippen LogP) is 0.770. The van der Waals surface area contributed by atoms with Crippen LogP contribution in [0.4, 0.5) is 0 Å². The molecule has 2 aliphatic rings. The van der Waals surface area contributed by atoms with Crippen molar-refractivity contribution in [2.24, 2.45) is 5.92 Å². The maximum atomic E-state index is 12.8. The summed E-state index contributed by atoms with van der Waals surface area (Å²) in [4.78, 5) is 37.1. The van der Waals surface area contributed by atoms with Crippen molar-refractivity contribution >= 4 is 11.8 Å². The van der Waals surface area contributed by atoms with Gasteiger partial charge in [0.15, 0.2) is 5.82 Å². The lowest BCUT2D eigenvalue weighted by molar-refractivity contribution is -0.128. The van der Waals surface area contributed by atoms with Crippen LogP contribution in [0.2, 0.25) is 0 Å². The highest BCUT2D eigenvalue weighted by atomic mass is 16.2. The molecule has 2 fully saturated rings. The van der Waals surface area contributed by atoms with E-state index in [1.807, 2.05) is 16.7 Å². The summed E-state index contributed by atoms with van der Waals surface area (Å²) in [5.41, 5.74) is 0.303. The number of likely N-dealkylation sites (tertiary alicyclic amines) is 2. The van der Waals surface area contributed by atoms with Crippen LogP contribution < -0.4 is 0 Å². The summed E-state index contributed by atoms with van der Waals surface area (Å²) in [7, 11) is 0. The summed E-state index contributed by atoms with van der Waals surface area (Å²) in [5, 5.41) is 7.33. The molecular formula is C18H22N6O2. The number of nitrogens with zero attached hydrogens (tertiary/aromatic N) is 5. The number of hydrogen-bond acceptors (Lipinski definition) is 5. The number of aromatic amines is 1. The molecule has 8 heteroatoms. The number of carbonyl (C=O) groups excluding carboxylic acids is 2. The van der Waals surface area contributed by atoms with Gasteiger partial charge in [-0.2, -0.15) is 5.10 Å². The van der Waals surface area contributed by atoms with E-state index < -0.39 is 0 Å². The molecule has 0 radical (unpaired) electrons. The summed E-state index contributed by atoms with van der Waals surface area (Å²) in [6.45, 7) is 5.90. The Morgan fingerprint density at radius 1 is 1.31 bits per heavy atom. The van der Waals surface area contributed by atoms with Crippen molar-refractivity contribution in [1.82, 2.24) is 30.0 Å². The maximum Gasteiger partial charge on any atom is 0.255 e. The fraction of sp³-hybridized carbons (Fsp3) is 0.500. The van der Waals surface area contributed by atoms with E-state index >= 15 is 0 Å². The first kappa shape index (κ1) is 16.7. The largest absolute Gasteiger partial charge is 0.342 e. The number of amides is 2. The highest BCUT2D eigenvalue weighted by Gasteiger charge is 2.54. The zero-order chi connectivity index (χ0) is 18.3. The van der Waals surface area contributed by atoms with Crippen LogP contribution in [-0.2, 0) is 10.2 Å². The summed E-state index contributed by atoms with van der Waals surface area (Å²) < 4.78 is 0. The van der Waals surface area contributed by atoms with Crippen LogP contribution in [0.5, 0.6) is 0 Å². The zero-order valence-electron chi connectivity index (χ0n) is 15.0. The lowest BCUT2D eigenvalue weighted by Crippen LogP contribution is -2.51. The van der Waals surface area contributed by atoms with Crippen molar-refractivity contribution in [2.45, 2.75) is 25.7 Å². The minimum Gasteiger partial charge on any atom is -0.342 e. The Morgan fingerprint density at radius 3 is 2.77 bits per heavy atom. The quantitative estimate of drug-likeness (QED) is 0.859. The molecule has 0 aromatic carbocycles. The molecule has 0 aliphatic carbocycles. The summed E-state index contributed by atoms with van der Waals surface area (Å²) in [6.07, 6.45) is 4.00. The van der Waals surface area contributed by atoms with Gasteiger partial charge >= 0.3 is 0 Å². The molecule has 2 atom stereocenters. The standard InChI is InChI=1S/C18H22N6O2/c1-12-20-17(22-21-12)18-5-7-23(16(26)14-4-3-6-19-8-14)9-15(18)10-24(11-18)13(2)25/h3-4,6,8,15H,5,7,9-11H2,1-2H3,(H,20,21,22)/t15-,18-/m1/s1. The zero-order valence-corrected chi connectivity index (χ0v) is 15.0. The minimum absolute atomic E-state index is 0.0147. The number of aromatic nitrogens is 4. The van der Waals surface area contributed by atoms with Gasteiger partial charge < -0.3 is 9.80 Å². The number of nitrogens with one attached hydrogen (secondary N) is 1. The van der Waals surface area contributed by atoms with Crippen molar-refractivity contribution in [2.75, 3.05) is 26.2 Å². The van der Waals surface area contributed by atoms with E-state index in [-0.39, 0.29) is 23.1 Å². The van der Waals surface area contributed by atoms with Gasteiger partial charge in [0.1, 0.15) is 5.82 Å². The molecule has 2 amide bonds. The summed E-state index contributed by atoms with van der Waals surface area (Å²) >= 11 is 0. The Bertz CT molecular complexity index is 835. The predicted molar refractivity (Wildman–Crippen MR) is 93.3 cm³/mol. The fourth-order valence-corrected chi connectivity index (χ4v) is 4.21. The normalized spacial score (nSPS) is 25.2. The van der Waals surface area contributed by atoms with E-state index in [1.54, 1.807) is 31.5 Å². The average molecular weight is 354 g/mol. The van der Waals surface area contributed by atoms with E-state index in [9.17, 15) is 9.59 Å². The van der Waals surface area contributed by atoms with E-state index in [0.717, 1.165) is 18.1 Å². The van der Waals surface area contributed by atoms with Crippen LogP contribution in [0.25, 0.3) is 0 Å². The van der Waals surface area contributed by atoms with Crippen LogP contribution in [-0.4, -0.2) is 68.0 Å². The third-order valence-corrected chi connectivity index (χ3v) is 5.65. The smallest absolute Gasteiger partial charge is 0.255 e. The van der Waals surface area contributed by atoms with Crippen LogP contribution in [0, 0.1) is 12.8 Å². The molecule has 0 saturated carbocycles. The number of piperidine rings is 1. The number of fused-ring (bicyclic) bond motifs is 1. The third kappa shape index (κ3) is 2.65. The molecule has 1 N–H and O–H groups in total. The van der Waals surface area contributed by atoms with Crippen LogP contribution in [0.15, 0.2) is 24.5 Å². The molecule has 8 nitrogen and oxygen atoms in total. The van der Waals surface area contributed by atoms with Crippen LogP contribution in [0.3, 0.4) is 0 Å². The van der Waals surface area contributed by atoms with Gasteiger partial charge in [-0.3, -0.25) is 19.7 Å². The molecule has 2 saturated heterocycles. The van der Waals surface area contributed by atoms with Crippen molar-refractivity contribution < 1.29 is 9.59 Å². The molecule has 4 rings (SSSR count). The number of pyridine rings is 1. The number of aryl methyl sites for hydroxylation is 1. The topological polar surface area (TPSA) is 95.1 Å². The van der Waals surface area contributed by atoms with Crippen molar-refractivity contribution in [1.29, 1.82) is 0 Å². The van der Waals surface area contributed by atoms with E-state index in [0.29, 0.717) is 31.7 Å². The first-order valence-corrected chi connectivity index (χ1v) is 8.84. The van der Waals surface area contributed by atoms with Gasteiger partial charge in [0.05, 0.1) is 11.0 Å². The van der Waals surface area contributed by atoms with E-state index in [4.69, 9.17) is 0 Å². The highest BCUT2D eigenvalue weighted by Crippen LogP contribution is 2.44. The van der Waals surface area contributed by atoms with Crippen molar-refractivity contribution in [3.05, 3.63) is 41.7 Å². The second-order valence-corrected chi connectivity index (χ2v) is 7.24. The molecule has 2 aromatic heterocycles. The molecule has 0 bridgehead atoms. The fourth-order valence-electron chi connectivity index (χ4n) is 4.21. The minimum atomic E-state index is -0.290. The number of hydrogen-bond donors (Lipinski definition) is 1. The van der Waals surface area contributed by atoms with Crippen molar-refractivity contribution in [3.63, 3.8) is 0 Å². The Labute approximate surface area is 151 Å². The van der Waals surface area contributed by atoms with Gasteiger partial charge in [0.25, 0.3) is 5.91 Å². The van der Waals surface area contributed by atoms with Gasteiger partial charge in [-0.05, 0) is 25.5 Å². The first-order valence-electron chi connectivity index (χ1n) is 8.84. The highest BCUT2D eigenvalue weighted by molar-refractivity contribution is 5.94. The SMILES string of the molecule is CC(=O)N1C[C@H]2CN(C(=O)c3cccnc3)CC[C@@]2(c2n[nH]c(C)n2)C1. The summed E-state index contributed by atoms with van der Waals surface area (Å²) in [5.74, 6) is 1.69. The van der Waals surface area contributed by atoms with E-state index in [1.165, 1.54) is 0 Å². The molecule has 136 valence electrons. The van der Waals surface area contributed by atoms with Gasteiger partial charge in [0, 0.05) is 51.4 Å². The lowest BCUT2D eigenvalue weighted by Gasteiger charge is -2.41. The van der Waals surface area contributed by atoms with Gasteiger partial charge in [-0.25, -0.2) is 4.98 Å². The molecule has 2 aliphatic heterocycles. The molecule has 2 aromatic rings. The molecular weight excluding hydrogens is 332 g/mol. The van der Waals surface area contributed by atoms with Crippen molar-refractivity contribution in [3.8, 4) is 0 Å². The second-order valence-electron chi connectivity index (χ2n) is 7.24. The third-order valence-electron chi connectivity index (χ3n) is 5.65. The Kier molecular flexibility index (Phi) is 3.97. The van der Waals surface area contributed by atoms with Gasteiger partial charge in [-0.1, -0.05) is 0 Å². The summed E-state index contributed by atoms with van der Waals surface area (Å²) in [6, 6.07) is 3.55. The van der Waals surface area contributed by atoms with Gasteiger partial charge in [-0.15, -0.1) is 0 Å². The Hall–Kier alpha value is -2.77. The number of carbonyl (C=O) groups is 2. The number of rotatable bonds is 2.